The number of hydrogen-bond acceptors (Lipinski definition) is 7. The van der Waals surface area contributed by atoms with Gasteiger partial charge in [-0.2, -0.15) is 0 Å². The standard InChI is InChI=1S/C19H18F3N5O4/c1-11(2)18-15(10-30-17-9-8-13(27(28)29)12(3)23-17)26(25-24-18)14-6-4-5-7-16(14)31-19(20,21)22/h4-9,11H,10H2,1-3H3. The van der Waals surface area contributed by atoms with Crippen LogP contribution in [0.15, 0.2) is 36.4 Å². The van der Waals surface area contributed by atoms with Crippen LogP contribution in [0.5, 0.6) is 11.6 Å². The summed E-state index contributed by atoms with van der Waals surface area (Å²) in [4.78, 5) is 14.4. The van der Waals surface area contributed by atoms with E-state index in [0.717, 1.165) is 0 Å². The molecule has 0 atom stereocenters. The van der Waals surface area contributed by atoms with Crippen LogP contribution in [0.1, 0.15) is 36.8 Å². The van der Waals surface area contributed by atoms with E-state index < -0.39 is 17.0 Å². The molecule has 2 aromatic heterocycles. The Kier molecular flexibility index (Phi) is 6.09. The Morgan fingerprint density at radius 2 is 1.90 bits per heavy atom. The zero-order valence-corrected chi connectivity index (χ0v) is 16.8. The number of pyridine rings is 1. The SMILES string of the molecule is Cc1nc(OCc2c(C(C)C)nnn2-c2ccccc2OC(F)(F)F)ccc1[N+](=O)[O-]. The fraction of sp³-hybridized carbons (Fsp3) is 0.316. The van der Waals surface area contributed by atoms with Gasteiger partial charge in [0, 0.05) is 12.1 Å². The number of nitro groups is 1. The quantitative estimate of drug-likeness (QED) is 0.396. The molecule has 0 aliphatic rings. The van der Waals surface area contributed by atoms with Gasteiger partial charge in [0.15, 0.2) is 5.75 Å². The van der Waals surface area contributed by atoms with E-state index in [4.69, 9.17) is 4.74 Å². The number of aromatic nitrogens is 4. The lowest BCUT2D eigenvalue weighted by Gasteiger charge is -2.15. The maximum atomic E-state index is 12.8. The largest absolute Gasteiger partial charge is 0.573 e. The molecular formula is C19H18F3N5O4. The molecule has 0 spiro atoms. The number of halogens is 3. The minimum atomic E-state index is -4.88. The van der Waals surface area contributed by atoms with Gasteiger partial charge in [-0.05, 0) is 25.0 Å². The number of aryl methyl sites for hydroxylation is 1. The highest BCUT2D eigenvalue weighted by Gasteiger charge is 2.33. The highest BCUT2D eigenvalue weighted by atomic mass is 19.4. The van der Waals surface area contributed by atoms with Gasteiger partial charge in [-0.15, -0.1) is 18.3 Å². The van der Waals surface area contributed by atoms with Crippen LogP contribution in [0, 0.1) is 17.0 Å². The summed E-state index contributed by atoms with van der Waals surface area (Å²) >= 11 is 0. The molecule has 31 heavy (non-hydrogen) atoms. The first-order chi connectivity index (χ1) is 14.6. The van der Waals surface area contributed by atoms with Gasteiger partial charge >= 0.3 is 6.36 Å². The van der Waals surface area contributed by atoms with Crippen LogP contribution in [0.2, 0.25) is 0 Å². The Balaban J connectivity index is 1.96. The van der Waals surface area contributed by atoms with Crippen molar-refractivity contribution in [3.05, 3.63) is 63.6 Å². The highest BCUT2D eigenvalue weighted by Crippen LogP contribution is 2.31. The Bertz CT molecular complexity index is 1100. The number of rotatable bonds is 7. The first-order valence-corrected chi connectivity index (χ1v) is 9.11. The second kappa shape index (κ2) is 8.58. The van der Waals surface area contributed by atoms with Crippen molar-refractivity contribution in [1.29, 1.82) is 0 Å². The monoisotopic (exact) mass is 437 g/mol. The molecule has 0 aliphatic carbocycles. The van der Waals surface area contributed by atoms with Crippen molar-refractivity contribution in [1.82, 2.24) is 20.0 Å². The van der Waals surface area contributed by atoms with Crippen LogP contribution in [0.4, 0.5) is 18.9 Å². The first-order valence-electron chi connectivity index (χ1n) is 9.11. The van der Waals surface area contributed by atoms with Crippen LogP contribution in [0.25, 0.3) is 5.69 Å². The van der Waals surface area contributed by atoms with Crippen molar-refractivity contribution in [2.45, 2.75) is 39.7 Å². The molecule has 0 aliphatic heterocycles. The Hall–Kier alpha value is -3.70. The maximum absolute atomic E-state index is 12.8. The molecule has 3 aromatic rings. The molecule has 1 aromatic carbocycles. The summed E-state index contributed by atoms with van der Waals surface area (Å²) in [5, 5.41) is 19.0. The zero-order chi connectivity index (χ0) is 22.8. The summed E-state index contributed by atoms with van der Waals surface area (Å²) in [6, 6.07) is 8.15. The Labute approximate surface area is 174 Å². The molecule has 12 heteroatoms. The van der Waals surface area contributed by atoms with Crippen molar-refractivity contribution in [2.75, 3.05) is 0 Å². The second-order valence-corrected chi connectivity index (χ2v) is 6.80. The molecule has 0 bridgehead atoms. The highest BCUT2D eigenvalue weighted by molar-refractivity contribution is 5.47. The number of alkyl halides is 3. The molecular weight excluding hydrogens is 419 g/mol. The van der Waals surface area contributed by atoms with Gasteiger partial charge in [-0.25, -0.2) is 9.67 Å². The molecule has 0 radical (unpaired) electrons. The van der Waals surface area contributed by atoms with Crippen LogP contribution in [-0.4, -0.2) is 31.3 Å². The minimum Gasteiger partial charge on any atom is -0.471 e. The van der Waals surface area contributed by atoms with Crippen molar-refractivity contribution >= 4 is 5.69 Å². The third-order valence-electron chi connectivity index (χ3n) is 4.25. The summed E-state index contributed by atoms with van der Waals surface area (Å²) in [6.07, 6.45) is -4.88. The van der Waals surface area contributed by atoms with E-state index in [-0.39, 0.29) is 35.5 Å². The Morgan fingerprint density at radius 3 is 2.52 bits per heavy atom. The third kappa shape index (κ3) is 5.08. The predicted octanol–water partition coefficient (Wildman–Crippen LogP) is 4.48. The summed E-state index contributed by atoms with van der Waals surface area (Å²) in [5.41, 5.74) is 0.958. The molecule has 164 valence electrons. The van der Waals surface area contributed by atoms with Crippen LogP contribution in [-0.2, 0) is 6.61 Å². The van der Waals surface area contributed by atoms with E-state index in [2.05, 4.69) is 20.0 Å². The number of para-hydroxylation sites is 2. The number of benzene rings is 1. The average molecular weight is 437 g/mol. The van der Waals surface area contributed by atoms with Gasteiger partial charge in [0.1, 0.15) is 23.7 Å². The summed E-state index contributed by atoms with van der Waals surface area (Å²) < 4.78 is 49.5. The predicted molar refractivity (Wildman–Crippen MR) is 102 cm³/mol. The minimum absolute atomic E-state index is 0.0330. The fourth-order valence-electron chi connectivity index (χ4n) is 2.88. The van der Waals surface area contributed by atoms with Gasteiger partial charge in [0.2, 0.25) is 5.88 Å². The smallest absolute Gasteiger partial charge is 0.471 e. The molecule has 0 saturated heterocycles. The second-order valence-electron chi connectivity index (χ2n) is 6.80. The van der Waals surface area contributed by atoms with Crippen LogP contribution < -0.4 is 9.47 Å². The lowest BCUT2D eigenvalue weighted by molar-refractivity contribution is -0.385. The Morgan fingerprint density at radius 1 is 1.19 bits per heavy atom. The summed E-state index contributed by atoms with van der Waals surface area (Å²) in [5.74, 6) is -0.430. The molecule has 0 saturated carbocycles. The molecule has 3 rings (SSSR count). The van der Waals surface area contributed by atoms with E-state index in [9.17, 15) is 23.3 Å². The van der Waals surface area contributed by atoms with Gasteiger partial charge in [0.05, 0.1) is 10.6 Å². The van der Waals surface area contributed by atoms with Gasteiger partial charge in [-0.3, -0.25) is 10.1 Å². The topological polar surface area (TPSA) is 105 Å². The first kappa shape index (κ1) is 22.0. The molecule has 0 unspecified atom stereocenters. The average Bonchev–Trinajstić information content (AvgIpc) is 3.09. The van der Waals surface area contributed by atoms with E-state index in [1.54, 1.807) is 6.07 Å². The van der Waals surface area contributed by atoms with Crippen molar-refractivity contribution in [3.8, 4) is 17.3 Å². The summed E-state index contributed by atoms with van der Waals surface area (Å²) in [6.45, 7) is 5.04. The zero-order valence-electron chi connectivity index (χ0n) is 16.8. The van der Waals surface area contributed by atoms with Crippen molar-refractivity contribution in [2.24, 2.45) is 0 Å². The van der Waals surface area contributed by atoms with E-state index in [0.29, 0.717) is 11.4 Å². The maximum Gasteiger partial charge on any atom is 0.573 e. The van der Waals surface area contributed by atoms with Crippen molar-refractivity contribution < 1.29 is 27.6 Å². The number of ether oxygens (including phenoxy) is 2. The van der Waals surface area contributed by atoms with Crippen LogP contribution >= 0.6 is 0 Å². The normalized spacial score (nSPS) is 11.6. The van der Waals surface area contributed by atoms with Crippen molar-refractivity contribution in [3.63, 3.8) is 0 Å². The number of hydrogen-bond donors (Lipinski definition) is 0. The van der Waals surface area contributed by atoms with Gasteiger partial charge < -0.3 is 9.47 Å². The van der Waals surface area contributed by atoms with E-state index >= 15 is 0 Å². The van der Waals surface area contributed by atoms with Crippen LogP contribution in [0.3, 0.4) is 0 Å². The lowest BCUT2D eigenvalue weighted by Crippen LogP contribution is -2.19. The van der Waals surface area contributed by atoms with E-state index in [1.807, 2.05) is 13.8 Å². The molecule has 0 fully saturated rings. The van der Waals surface area contributed by atoms with Gasteiger partial charge in [0.25, 0.3) is 5.69 Å². The molecule has 2 heterocycles. The molecule has 0 N–H and O–H groups in total. The molecule has 9 nitrogen and oxygen atoms in total. The summed E-state index contributed by atoms with van der Waals surface area (Å²) in [7, 11) is 0. The lowest BCUT2D eigenvalue weighted by atomic mass is 10.1. The van der Waals surface area contributed by atoms with Gasteiger partial charge in [-0.1, -0.05) is 31.2 Å². The van der Waals surface area contributed by atoms with E-state index in [1.165, 1.54) is 41.9 Å². The number of nitrogens with zero attached hydrogens (tertiary/aromatic N) is 5. The molecule has 0 amide bonds. The fourth-order valence-corrected chi connectivity index (χ4v) is 2.88. The third-order valence-corrected chi connectivity index (χ3v) is 4.25.